The number of carbonyl (C=O) groups is 2. The van der Waals surface area contributed by atoms with E-state index in [0.29, 0.717) is 24.9 Å². The van der Waals surface area contributed by atoms with E-state index in [2.05, 4.69) is 10.1 Å². The number of nitrogens with one attached hydrogen (secondary N) is 1. The summed E-state index contributed by atoms with van der Waals surface area (Å²) in [5.74, 6) is -0.892. The standard InChI is InChI=1S/C18H24F2N4O4/c1-23(11-2-3-11)14(9-21)17(26)22-13-5-4-12(8-15(13)28-18(19)20)24-6-7-27-10-16(24)25/h4-5,8,11,14,18H,2-3,6-7,9-10,21H2,1H3,(H,22,26)/t14-/m1/s1. The lowest BCUT2D eigenvalue weighted by Gasteiger charge is -2.28. The van der Waals surface area contributed by atoms with Gasteiger partial charge in [0.05, 0.1) is 12.3 Å². The second-order valence-electron chi connectivity index (χ2n) is 6.79. The largest absolute Gasteiger partial charge is 0.433 e. The number of hydrogen-bond donors (Lipinski definition) is 2. The maximum Gasteiger partial charge on any atom is 0.387 e. The molecule has 0 spiro atoms. The molecule has 2 aliphatic rings. The summed E-state index contributed by atoms with van der Waals surface area (Å²) in [7, 11) is 1.82. The molecule has 2 fully saturated rings. The highest BCUT2D eigenvalue weighted by atomic mass is 19.3. The van der Waals surface area contributed by atoms with Crippen LogP contribution in [0.5, 0.6) is 5.75 Å². The van der Waals surface area contributed by atoms with E-state index in [4.69, 9.17) is 10.5 Å². The molecule has 10 heteroatoms. The van der Waals surface area contributed by atoms with Gasteiger partial charge in [-0.2, -0.15) is 8.78 Å². The van der Waals surface area contributed by atoms with Gasteiger partial charge in [-0.05, 0) is 32.0 Å². The molecule has 1 saturated heterocycles. The third kappa shape index (κ3) is 4.75. The molecule has 2 amide bonds. The van der Waals surface area contributed by atoms with Gasteiger partial charge in [-0.3, -0.25) is 14.5 Å². The molecular formula is C18H24F2N4O4. The molecule has 0 bridgehead atoms. The zero-order valence-corrected chi connectivity index (χ0v) is 15.6. The number of amides is 2. The van der Waals surface area contributed by atoms with Crippen LogP contribution in [0.2, 0.25) is 0 Å². The first kappa shape index (κ1) is 20.4. The summed E-state index contributed by atoms with van der Waals surface area (Å²) in [6, 6.07) is 4.06. The molecule has 1 aromatic carbocycles. The van der Waals surface area contributed by atoms with Gasteiger partial charge >= 0.3 is 6.61 Å². The molecule has 8 nitrogen and oxygen atoms in total. The number of nitrogens with zero attached hydrogens (tertiary/aromatic N) is 2. The van der Waals surface area contributed by atoms with Crippen molar-refractivity contribution in [2.75, 3.05) is 43.6 Å². The lowest BCUT2D eigenvalue weighted by molar-refractivity contribution is -0.125. The molecule has 3 rings (SSSR count). The fourth-order valence-corrected chi connectivity index (χ4v) is 3.18. The van der Waals surface area contributed by atoms with Crippen LogP contribution in [-0.4, -0.2) is 68.8 Å². The van der Waals surface area contributed by atoms with Gasteiger partial charge in [-0.25, -0.2) is 0 Å². The summed E-state index contributed by atoms with van der Waals surface area (Å²) in [6.45, 7) is -2.40. The smallest absolute Gasteiger partial charge is 0.387 e. The monoisotopic (exact) mass is 398 g/mol. The number of ether oxygens (including phenoxy) is 2. The van der Waals surface area contributed by atoms with E-state index in [1.165, 1.54) is 17.0 Å². The average Bonchev–Trinajstić information content (AvgIpc) is 3.49. The Balaban J connectivity index is 1.80. The average molecular weight is 398 g/mol. The minimum atomic E-state index is -3.08. The van der Waals surface area contributed by atoms with Gasteiger partial charge in [0.2, 0.25) is 5.91 Å². The number of morpholine rings is 1. The van der Waals surface area contributed by atoms with Crippen LogP contribution in [0.15, 0.2) is 18.2 Å². The fraction of sp³-hybridized carbons (Fsp3) is 0.556. The number of alkyl halides is 2. The van der Waals surface area contributed by atoms with Crippen LogP contribution in [-0.2, 0) is 14.3 Å². The highest BCUT2D eigenvalue weighted by Gasteiger charge is 2.34. The number of anilines is 2. The summed E-state index contributed by atoms with van der Waals surface area (Å²) in [6.07, 6.45) is 2.00. The summed E-state index contributed by atoms with van der Waals surface area (Å²) < 4.78 is 35.4. The van der Waals surface area contributed by atoms with E-state index in [1.807, 2.05) is 11.9 Å². The number of hydrogen-bond acceptors (Lipinski definition) is 6. The van der Waals surface area contributed by atoms with Crippen molar-refractivity contribution in [3.8, 4) is 5.75 Å². The summed E-state index contributed by atoms with van der Waals surface area (Å²) in [4.78, 5) is 27.9. The highest BCUT2D eigenvalue weighted by molar-refractivity contribution is 5.98. The number of carbonyl (C=O) groups excluding carboxylic acids is 2. The second kappa shape index (κ2) is 8.80. The lowest BCUT2D eigenvalue weighted by Crippen LogP contribution is -2.47. The van der Waals surface area contributed by atoms with E-state index in [9.17, 15) is 18.4 Å². The predicted molar refractivity (Wildman–Crippen MR) is 98.5 cm³/mol. The highest BCUT2D eigenvalue weighted by Crippen LogP contribution is 2.33. The van der Waals surface area contributed by atoms with Gasteiger partial charge in [0, 0.05) is 30.9 Å². The SMILES string of the molecule is CN(C1CC1)[C@H](CN)C(=O)Nc1ccc(N2CCOCC2=O)cc1OC(F)F. The van der Waals surface area contributed by atoms with Gasteiger partial charge < -0.3 is 25.4 Å². The van der Waals surface area contributed by atoms with E-state index in [-0.39, 0.29) is 30.5 Å². The molecule has 3 N–H and O–H groups in total. The predicted octanol–water partition coefficient (Wildman–Crippen LogP) is 1.01. The number of halogens is 2. The quantitative estimate of drug-likeness (QED) is 0.679. The topological polar surface area (TPSA) is 97.1 Å². The van der Waals surface area contributed by atoms with Gasteiger partial charge in [0.25, 0.3) is 5.91 Å². The zero-order valence-electron chi connectivity index (χ0n) is 15.6. The molecule has 1 atom stereocenters. The molecule has 154 valence electrons. The van der Waals surface area contributed by atoms with E-state index < -0.39 is 18.6 Å². The summed E-state index contributed by atoms with van der Waals surface area (Å²) in [5.41, 5.74) is 6.23. The van der Waals surface area contributed by atoms with Crippen LogP contribution in [0.25, 0.3) is 0 Å². The van der Waals surface area contributed by atoms with Crippen molar-refractivity contribution in [2.24, 2.45) is 5.73 Å². The van der Waals surface area contributed by atoms with Crippen molar-refractivity contribution in [2.45, 2.75) is 31.5 Å². The minimum Gasteiger partial charge on any atom is -0.433 e. The van der Waals surface area contributed by atoms with Crippen molar-refractivity contribution >= 4 is 23.2 Å². The Bertz CT molecular complexity index is 730. The van der Waals surface area contributed by atoms with Crippen LogP contribution >= 0.6 is 0 Å². The summed E-state index contributed by atoms with van der Waals surface area (Å²) >= 11 is 0. The second-order valence-corrected chi connectivity index (χ2v) is 6.79. The first-order chi connectivity index (χ1) is 13.4. The molecule has 0 radical (unpaired) electrons. The molecule has 1 saturated carbocycles. The third-order valence-corrected chi connectivity index (χ3v) is 4.88. The third-order valence-electron chi connectivity index (χ3n) is 4.88. The van der Waals surface area contributed by atoms with Crippen LogP contribution in [0.4, 0.5) is 20.2 Å². The van der Waals surface area contributed by atoms with Crippen molar-refractivity contribution in [3.05, 3.63) is 18.2 Å². The molecule has 0 unspecified atom stereocenters. The number of likely N-dealkylation sites (N-methyl/N-ethyl adjacent to an activating group) is 1. The van der Waals surface area contributed by atoms with Crippen LogP contribution in [0.3, 0.4) is 0 Å². The fourth-order valence-electron chi connectivity index (χ4n) is 3.18. The van der Waals surface area contributed by atoms with Gasteiger partial charge in [-0.15, -0.1) is 0 Å². The molecule has 28 heavy (non-hydrogen) atoms. The molecule has 1 aliphatic heterocycles. The van der Waals surface area contributed by atoms with Gasteiger partial charge in [0.15, 0.2) is 5.75 Å². The molecule has 1 aliphatic carbocycles. The van der Waals surface area contributed by atoms with Crippen LogP contribution in [0, 0.1) is 0 Å². The first-order valence-electron chi connectivity index (χ1n) is 9.10. The van der Waals surface area contributed by atoms with Crippen LogP contribution < -0.4 is 20.7 Å². The maximum atomic E-state index is 12.9. The van der Waals surface area contributed by atoms with Crippen molar-refractivity contribution in [3.63, 3.8) is 0 Å². The Morgan fingerprint density at radius 1 is 1.46 bits per heavy atom. The molecule has 1 heterocycles. The Labute approximate surface area is 161 Å². The Morgan fingerprint density at radius 2 is 2.21 bits per heavy atom. The number of nitrogens with two attached hydrogens (primary N) is 1. The Hall–Kier alpha value is -2.30. The Morgan fingerprint density at radius 3 is 2.82 bits per heavy atom. The van der Waals surface area contributed by atoms with E-state index in [1.54, 1.807) is 6.07 Å². The molecule has 0 aromatic heterocycles. The normalized spacial score (nSPS) is 18.5. The molecule has 1 aromatic rings. The van der Waals surface area contributed by atoms with Crippen molar-refractivity contribution in [1.82, 2.24) is 4.90 Å². The van der Waals surface area contributed by atoms with Crippen molar-refractivity contribution < 1.29 is 27.8 Å². The number of rotatable bonds is 8. The summed E-state index contributed by atoms with van der Waals surface area (Å²) in [5, 5.41) is 2.62. The Kier molecular flexibility index (Phi) is 6.42. The maximum absolute atomic E-state index is 12.9. The first-order valence-corrected chi connectivity index (χ1v) is 9.10. The zero-order chi connectivity index (χ0) is 20.3. The van der Waals surface area contributed by atoms with Gasteiger partial charge in [0.1, 0.15) is 12.6 Å². The van der Waals surface area contributed by atoms with E-state index in [0.717, 1.165) is 12.8 Å². The number of benzene rings is 1. The molecular weight excluding hydrogens is 374 g/mol. The van der Waals surface area contributed by atoms with Gasteiger partial charge in [-0.1, -0.05) is 0 Å². The van der Waals surface area contributed by atoms with Crippen LogP contribution in [0.1, 0.15) is 12.8 Å². The minimum absolute atomic E-state index is 0.0742. The van der Waals surface area contributed by atoms with E-state index >= 15 is 0 Å². The lowest BCUT2D eigenvalue weighted by atomic mass is 10.2. The van der Waals surface area contributed by atoms with Crippen molar-refractivity contribution in [1.29, 1.82) is 0 Å².